The van der Waals surface area contributed by atoms with Gasteiger partial charge in [0.05, 0.1) is 17.9 Å². The van der Waals surface area contributed by atoms with Gasteiger partial charge in [0.15, 0.2) is 11.6 Å². The molecule has 0 spiro atoms. The zero-order valence-electron chi connectivity index (χ0n) is 10.2. The third-order valence-corrected chi connectivity index (χ3v) is 3.34. The Morgan fingerprint density at radius 2 is 1.68 bits per heavy atom. The summed E-state index contributed by atoms with van der Waals surface area (Å²) >= 11 is 0. The van der Waals surface area contributed by atoms with Crippen molar-refractivity contribution in [2.75, 3.05) is 5.32 Å². The lowest BCUT2D eigenvalue weighted by Crippen LogP contribution is -2.16. The van der Waals surface area contributed by atoms with Crippen LogP contribution in [0.5, 0.6) is 0 Å². The molecule has 3 aromatic rings. The van der Waals surface area contributed by atoms with Crippen molar-refractivity contribution in [3.05, 3.63) is 60.4 Å². The van der Waals surface area contributed by atoms with Crippen LogP contribution < -0.4 is 5.32 Å². The molecule has 0 saturated carbocycles. The monoisotopic (exact) mass is 248 g/mol. The van der Waals surface area contributed by atoms with Crippen molar-refractivity contribution >= 4 is 5.69 Å². The van der Waals surface area contributed by atoms with Crippen LogP contribution in [0.2, 0.25) is 0 Å². The lowest BCUT2D eigenvalue weighted by Gasteiger charge is -2.20. The van der Waals surface area contributed by atoms with Gasteiger partial charge in [-0.25, -0.2) is 0 Å². The maximum absolute atomic E-state index is 4.34. The minimum Gasteiger partial charge on any atom is -0.376 e. The molecule has 0 atom stereocenters. The van der Waals surface area contributed by atoms with E-state index in [-0.39, 0.29) is 0 Å². The predicted octanol–water partition coefficient (Wildman–Crippen LogP) is 2.86. The molecule has 1 aliphatic heterocycles. The molecule has 2 aromatic carbocycles. The summed E-state index contributed by atoms with van der Waals surface area (Å²) in [6.45, 7) is 0.705. The summed E-state index contributed by atoms with van der Waals surface area (Å²) in [6, 6.07) is 18.4. The third kappa shape index (κ3) is 1.53. The molecule has 0 unspecified atom stereocenters. The van der Waals surface area contributed by atoms with Gasteiger partial charge in [-0.05, 0) is 12.1 Å². The summed E-state index contributed by atoms with van der Waals surface area (Å²) < 4.78 is 2.13. The number of benzene rings is 2. The molecule has 4 nitrogen and oxygen atoms in total. The molecule has 0 aliphatic carbocycles. The van der Waals surface area contributed by atoms with Crippen LogP contribution in [0.3, 0.4) is 0 Å². The Morgan fingerprint density at radius 1 is 0.895 bits per heavy atom. The summed E-state index contributed by atoms with van der Waals surface area (Å²) in [7, 11) is 0. The van der Waals surface area contributed by atoms with Gasteiger partial charge >= 0.3 is 0 Å². The highest BCUT2D eigenvalue weighted by Gasteiger charge is 2.20. The average Bonchev–Trinajstić information content (AvgIpc) is 2.92. The highest BCUT2D eigenvalue weighted by atomic mass is 15.3. The molecule has 0 amide bonds. The van der Waals surface area contributed by atoms with E-state index in [0.29, 0.717) is 6.54 Å². The number of nitrogens with one attached hydrogen (secondary N) is 1. The second-order valence-corrected chi connectivity index (χ2v) is 4.51. The van der Waals surface area contributed by atoms with E-state index in [0.717, 1.165) is 28.6 Å². The molecule has 2 heterocycles. The van der Waals surface area contributed by atoms with E-state index in [4.69, 9.17) is 0 Å². The molecule has 0 fully saturated rings. The first-order valence-corrected chi connectivity index (χ1v) is 6.26. The minimum absolute atomic E-state index is 0.705. The molecule has 1 N–H and O–H groups in total. The van der Waals surface area contributed by atoms with Gasteiger partial charge in [-0.15, -0.1) is 10.2 Å². The molecule has 0 radical (unpaired) electrons. The Kier molecular flexibility index (Phi) is 2.14. The van der Waals surface area contributed by atoms with Crippen LogP contribution >= 0.6 is 0 Å². The molecule has 1 aliphatic rings. The van der Waals surface area contributed by atoms with E-state index in [1.807, 2.05) is 30.3 Å². The summed E-state index contributed by atoms with van der Waals surface area (Å²) in [5, 5.41) is 12.0. The van der Waals surface area contributed by atoms with E-state index < -0.39 is 0 Å². The van der Waals surface area contributed by atoms with Crippen LogP contribution in [0.1, 0.15) is 5.82 Å². The van der Waals surface area contributed by atoms with Crippen molar-refractivity contribution in [3.8, 4) is 17.1 Å². The van der Waals surface area contributed by atoms with Crippen molar-refractivity contribution in [3.63, 3.8) is 0 Å². The number of fused-ring (bicyclic) bond motifs is 3. The highest BCUT2D eigenvalue weighted by molar-refractivity contribution is 5.68. The largest absolute Gasteiger partial charge is 0.376 e. The molecule has 0 bridgehead atoms. The highest BCUT2D eigenvalue weighted by Crippen LogP contribution is 2.30. The van der Waals surface area contributed by atoms with Gasteiger partial charge in [0, 0.05) is 5.56 Å². The van der Waals surface area contributed by atoms with Crippen LogP contribution in [-0.4, -0.2) is 14.8 Å². The summed E-state index contributed by atoms with van der Waals surface area (Å²) in [6.07, 6.45) is 0. The maximum Gasteiger partial charge on any atom is 0.168 e. The van der Waals surface area contributed by atoms with Crippen molar-refractivity contribution in [1.82, 2.24) is 14.8 Å². The molecule has 4 heteroatoms. The Balaban J connectivity index is 1.97. The Bertz CT molecular complexity index is 731. The normalized spacial score (nSPS) is 12.4. The van der Waals surface area contributed by atoms with Crippen molar-refractivity contribution < 1.29 is 0 Å². The van der Waals surface area contributed by atoms with E-state index in [2.05, 4.69) is 44.3 Å². The first-order chi connectivity index (χ1) is 9.43. The fraction of sp³-hybridized carbons (Fsp3) is 0.0667. The Hall–Kier alpha value is -2.62. The fourth-order valence-electron chi connectivity index (χ4n) is 2.45. The van der Waals surface area contributed by atoms with Crippen LogP contribution in [0, 0.1) is 0 Å². The molecule has 0 saturated heterocycles. The minimum atomic E-state index is 0.705. The molecule has 4 rings (SSSR count). The number of anilines is 1. The molecular formula is C15H12N4. The topological polar surface area (TPSA) is 42.7 Å². The fourth-order valence-corrected chi connectivity index (χ4v) is 2.45. The molecule has 92 valence electrons. The number of hydrogen-bond acceptors (Lipinski definition) is 3. The zero-order chi connectivity index (χ0) is 12.7. The van der Waals surface area contributed by atoms with Gasteiger partial charge < -0.3 is 5.32 Å². The smallest absolute Gasteiger partial charge is 0.168 e. The van der Waals surface area contributed by atoms with Crippen molar-refractivity contribution in [1.29, 1.82) is 0 Å². The lowest BCUT2D eigenvalue weighted by molar-refractivity contribution is 0.864. The van der Waals surface area contributed by atoms with Crippen molar-refractivity contribution in [2.24, 2.45) is 0 Å². The molecule has 1 aromatic heterocycles. The number of aromatic nitrogens is 3. The van der Waals surface area contributed by atoms with Crippen LogP contribution in [0.4, 0.5) is 5.69 Å². The summed E-state index contributed by atoms with van der Waals surface area (Å²) in [5.74, 6) is 1.84. The van der Waals surface area contributed by atoms with E-state index in [9.17, 15) is 0 Å². The summed E-state index contributed by atoms with van der Waals surface area (Å²) in [4.78, 5) is 0. The maximum atomic E-state index is 4.34. The average molecular weight is 248 g/mol. The number of hydrogen-bond donors (Lipinski definition) is 1. The first kappa shape index (κ1) is 10.3. The Labute approximate surface area is 110 Å². The SMILES string of the molecule is c1ccc(-c2nnc3n2-c2ccccc2NC3)cc1. The van der Waals surface area contributed by atoms with Crippen LogP contribution in [0.25, 0.3) is 17.1 Å². The number of para-hydroxylation sites is 2. The van der Waals surface area contributed by atoms with Gasteiger partial charge in [0.25, 0.3) is 0 Å². The van der Waals surface area contributed by atoms with Gasteiger partial charge in [-0.3, -0.25) is 4.57 Å². The lowest BCUT2D eigenvalue weighted by atomic mass is 10.2. The first-order valence-electron chi connectivity index (χ1n) is 6.26. The van der Waals surface area contributed by atoms with Crippen LogP contribution in [-0.2, 0) is 6.54 Å². The molecule has 19 heavy (non-hydrogen) atoms. The second-order valence-electron chi connectivity index (χ2n) is 4.51. The second kappa shape index (κ2) is 3.95. The van der Waals surface area contributed by atoms with E-state index in [1.54, 1.807) is 0 Å². The van der Waals surface area contributed by atoms with Gasteiger partial charge in [0.2, 0.25) is 0 Å². The summed E-state index contributed by atoms with van der Waals surface area (Å²) in [5.41, 5.74) is 3.30. The standard InChI is InChI=1S/C15H12N4/c1-2-6-11(7-3-1)15-18-17-14-10-16-12-8-4-5-9-13(12)19(14)15/h1-9,16H,10H2. The van der Waals surface area contributed by atoms with Gasteiger partial charge in [-0.2, -0.15) is 0 Å². The van der Waals surface area contributed by atoms with E-state index >= 15 is 0 Å². The van der Waals surface area contributed by atoms with E-state index in [1.165, 1.54) is 0 Å². The third-order valence-electron chi connectivity index (χ3n) is 3.34. The zero-order valence-corrected chi connectivity index (χ0v) is 10.2. The van der Waals surface area contributed by atoms with Crippen molar-refractivity contribution in [2.45, 2.75) is 6.54 Å². The Morgan fingerprint density at radius 3 is 2.58 bits per heavy atom. The van der Waals surface area contributed by atoms with Gasteiger partial charge in [0.1, 0.15) is 0 Å². The predicted molar refractivity (Wildman–Crippen MR) is 74.1 cm³/mol. The number of rotatable bonds is 1. The molecular weight excluding hydrogens is 236 g/mol. The van der Waals surface area contributed by atoms with Crippen LogP contribution in [0.15, 0.2) is 54.6 Å². The van der Waals surface area contributed by atoms with Gasteiger partial charge in [-0.1, -0.05) is 42.5 Å². The number of nitrogens with zero attached hydrogens (tertiary/aromatic N) is 3. The quantitative estimate of drug-likeness (QED) is 0.720.